The number of carbonyl (C=O) groups excluding carboxylic acids is 1. The first-order chi connectivity index (χ1) is 10.5. The van der Waals surface area contributed by atoms with Crippen molar-refractivity contribution in [1.82, 2.24) is 9.97 Å². The lowest BCUT2D eigenvalue weighted by atomic mass is 10.1. The molecular formula is C16H20N2O2S2. The molecule has 4 nitrogen and oxygen atoms in total. The third-order valence-electron chi connectivity index (χ3n) is 3.22. The molecule has 0 radical (unpaired) electrons. The Hall–Kier alpha value is -1.37. The summed E-state index contributed by atoms with van der Waals surface area (Å²) in [5.74, 6) is 0.261. The van der Waals surface area contributed by atoms with E-state index in [2.05, 4.69) is 23.8 Å². The van der Waals surface area contributed by atoms with Gasteiger partial charge in [0.1, 0.15) is 17.0 Å². The zero-order chi connectivity index (χ0) is 16.1. The van der Waals surface area contributed by atoms with Crippen molar-refractivity contribution >= 4 is 35.0 Å². The van der Waals surface area contributed by atoms with Gasteiger partial charge in [-0.3, -0.25) is 0 Å². The molecule has 2 heterocycles. The van der Waals surface area contributed by atoms with E-state index in [1.165, 1.54) is 0 Å². The van der Waals surface area contributed by atoms with E-state index in [0.717, 1.165) is 27.7 Å². The van der Waals surface area contributed by atoms with Crippen molar-refractivity contribution in [3.63, 3.8) is 0 Å². The van der Waals surface area contributed by atoms with Crippen molar-refractivity contribution in [3.05, 3.63) is 27.5 Å². The van der Waals surface area contributed by atoms with Crippen LogP contribution in [0.5, 0.6) is 0 Å². The summed E-state index contributed by atoms with van der Waals surface area (Å²) in [5, 5.41) is 6.08. The van der Waals surface area contributed by atoms with Crippen LogP contribution in [0.15, 0.2) is 16.8 Å². The number of aldehydes is 1. The SMILES string of the molecule is CO[C@H](/C=C/c1csc(-c2csc(C(C)C)n2)n1)[C@H](C)C=O. The van der Waals surface area contributed by atoms with Gasteiger partial charge in [0.05, 0.1) is 16.8 Å². The van der Waals surface area contributed by atoms with Crippen LogP contribution in [0.25, 0.3) is 16.8 Å². The van der Waals surface area contributed by atoms with E-state index < -0.39 is 0 Å². The lowest BCUT2D eigenvalue weighted by Gasteiger charge is -2.12. The normalized spacial score (nSPS) is 14.6. The minimum Gasteiger partial charge on any atom is -0.377 e. The standard InChI is InChI=1S/C16H20N2O2S2/c1-10(2)15-18-13(9-22-15)16-17-12(8-21-16)5-6-14(20-4)11(3)7-19/h5-11,14H,1-4H3/b6-5+/t11-,14-/m1/s1. The molecule has 2 rings (SSSR count). The molecule has 0 spiro atoms. The number of hydrogen-bond acceptors (Lipinski definition) is 6. The first-order valence-electron chi connectivity index (χ1n) is 7.12. The summed E-state index contributed by atoms with van der Waals surface area (Å²) in [6.07, 6.45) is 4.44. The average molecular weight is 336 g/mol. The highest BCUT2D eigenvalue weighted by molar-refractivity contribution is 7.14. The number of rotatable bonds is 7. The maximum absolute atomic E-state index is 10.8. The molecule has 0 aliphatic carbocycles. The van der Waals surface area contributed by atoms with Crippen molar-refractivity contribution in [2.24, 2.45) is 5.92 Å². The molecule has 0 unspecified atom stereocenters. The minimum atomic E-state index is -0.227. The highest BCUT2D eigenvalue weighted by atomic mass is 32.1. The third-order valence-corrected chi connectivity index (χ3v) is 5.25. The van der Waals surface area contributed by atoms with Crippen LogP contribution in [0.1, 0.15) is 37.4 Å². The second-order valence-corrected chi connectivity index (χ2v) is 7.11. The fraction of sp³-hybridized carbons (Fsp3) is 0.438. The first-order valence-corrected chi connectivity index (χ1v) is 8.88. The van der Waals surface area contributed by atoms with Crippen LogP contribution in [0.4, 0.5) is 0 Å². The van der Waals surface area contributed by atoms with Crippen molar-refractivity contribution in [2.75, 3.05) is 7.11 Å². The average Bonchev–Trinajstić information content (AvgIpc) is 3.16. The Balaban J connectivity index is 2.12. The van der Waals surface area contributed by atoms with E-state index >= 15 is 0 Å². The smallest absolute Gasteiger partial charge is 0.143 e. The molecule has 0 aliphatic heterocycles. The molecule has 2 aromatic heterocycles. The fourth-order valence-corrected chi connectivity index (χ4v) is 3.51. The van der Waals surface area contributed by atoms with Gasteiger partial charge in [0, 0.05) is 29.7 Å². The third kappa shape index (κ3) is 4.09. The fourth-order valence-electron chi connectivity index (χ4n) is 1.87. The Morgan fingerprint density at radius 1 is 1.18 bits per heavy atom. The largest absolute Gasteiger partial charge is 0.377 e. The van der Waals surface area contributed by atoms with Gasteiger partial charge >= 0.3 is 0 Å². The van der Waals surface area contributed by atoms with Crippen molar-refractivity contribution in [1.29, 1.82) is 0 Å². The number of hydrogen-bond donors (Lipinski definition) is 0. The second-order valence-electron chi connectivity index (χ2n) is 5.36. The quantitative estimate of drug-likeness (QED) is 0.709. The molecule has 2 aromatic rings. The van der Waals surface area contributed by atoms with Crippen molar-refractivity contribution < 1.29 is 9.53 Å². The van der Waals surface area contributed by atoms with Crippen LogP contribution in [0, 0.1) is 5.92 Å². The number of methoxy groups -OCH3 is 1. The van der Waals surface area contributed by atoms with Gasteiger partial charge in [0.15, 0.2) is 0 Å². The maximum Gasteiger partial charge on any atom is 0.143 e. The summed E-state index contributed by atoms with van der Waals surface area (Å²) in [6.45, 7) is 6.11. The number of nitrogens with zero attached hydrogens (tertiary/aromatic N) is 2. The molecule has 2 atom stereocenters. The van der Waals surface area contributed by atoms with Gasteiger partial charge in [-0.25, -0.2) is 9.97 Å². The summed E-state index contributed by atoms with van der Waals surface area (Å²) in [4.78, 5) is 20.0. The molecule has 22 heavy (non-hydrogen) atoms. The van der Waals surface area contributed by atoms with Crippen LogP contribution in [0.2, 0.25) is 0 Å². The van der Waals surface area contributed by atoms with Gasteiger partial charge in [0.25, 0.3) is 0 Å². The van der Waals surface area contributed by atoms with Gasteiger partial charge in [-0.15, -0.1) is 22.7 Å². The summed E-state index contributed by atoms with van der Waals surface area (Å²) in [7, 11) is 1.60. The zero-order valence-electron chi connectivity index (χ0n) is 13.1. The lowest BCUT2D eigenvalue weighted by molar-refractivity contribution is -0.113. The van der Waals surface area contributed by atoms with Crippen molar-refractivity contribution in [2.45, 2.75) is 32.8 Å². The molecule has 0 aromatic carbocycles. The van der Waals surface area contributed by atoms with Crippen molar-refractivity contribution in [3.8, 4) is 10.7 Å². The maximum atomic E-state index is 10.8. The van der Waals surface area contributed by atoms with E-state index in [0.29, 0.717) is 5.92 Å². The van der Waals surface area contributed by atoms with Gasteiger partial charge in [-0.2, -0.15) is 0 Å². The molecular weight excluding hydrogens is 316 g/mol. The first kappa shape index (κ1) is 17.0. The summed E-state index contributed by atoms with van der Waals surface area (Å²) >= 11 is 3.24. The predicted molar refractivity (Wildman–Crippen MR) is 92.4 cm³/mol. The highest BCUT2D eigenvalue weighted by Gasteiger charge is 2.13. The van der Waals surface area contributed by atoms with Crippen LogP contribution >= 0.6 is 22.7 Å². The monoisotopic (exact) mass is 336 g/mol. The molecule has 0 N–H and O–H groups in total. The molecule has 0 bridgehead atoms. The molecule has 6 heteroatoms. The predicted octanol–water partition coefficient (Wildman–Crippen LogP) is 4.25. The highest BCUT2D eigenvalue weighted by Crippen LogP contribution is 2.28. The summed E-state index contributed by atoms with van der Waals surface area (Å²) in [5.41, 5.74) is 1.79. The van der Waals surface area contributed by atoms with Gasteiger partial charge < -0.3 is 9.53 Å². The topological polar surface area (TPSA) is 52.1 Å². The molecule has 0 aliphatic rings. The number of thiazole rings is 2. The molecule has 0 amide bonds. The van der Waals surface area contributed by atoms with E-state index in [1.54, 1.807) is 29.8 Å². The van der Waals surface area contributed by atoms with Crippen LogP contribution in [0.3, 0.4) is 0 Å². The molecule has 0 saturated carbocycles. The Kier molecular flexibility index (Phi) is 5.99. The number of ether oxygens (including phenoxy) is 1. The van der Waals surface area contributed by atoms with Crippen LogP contribution < -0.4 is 0 Å². The Morgan fingerprint density at radius 2 is 1.95 bits per heavy atom. The van der Waals surface area contributed by atoms with Gasteiger partial charge in [0.2, 0.25) is 0 Å². The molecule has 118 valence electrons. The summed E-state index contributed by atoms with van der Waals surface area (Å²) < 4.78 is 5.29. The molecule has 0 saturated heterocycles. The van der Waals surface area contributed by atoms with Gasteiger partial charge in [-0.1, -0.05) is 26.8 Å². The zero-order valence-corrected chi connectivity index (χ0v) is 14.8. The van der Waals surface area contributed by atoms with E-state index in [9.17, 15) is 4.79 Å². The minimum absolute atomic E-state index is 0.175. The van der Waals surface area contributed by atoms with E-state index in [4.69, 9.17) is 4.74 Å². The van der Waals surface area contributed by atoms with Crippen LogP contribution in [-0.2, 0) is 9.53 Å². The van der Waals surface area contributed by atoms with Crippen LogP contribution in [-0.4, -0.2) is 29.5 Å². The Labute approximate surface area is 138 Å². The summed E-state index contributed by atoms with van der Waals surface area (Å²) in [6, 6.07) is 0. The number of carbonyl (C=O) groups is 1. The number of aromatic nitrogens is 2. The Bertz CT molecular complexity index is 646. The molecule has 0 fully saturated rings. The second kappa shape index (κ2) is 7.76. The Morgan fingerprint density at radius 3 is 2.55 bits per heavy atom. The van der Waals surface area contributed by atoms with E-state index in [1.807, 2.05) is 29.8 Å². The lowest BCUT2D eigenvalue weighted by Crippen LogP contribution is -2.18. The van der Waals surface area contributed by atoms with E-state index in [-0.39, 0.29) is 12.0 Å². The van der Waals surface area contributed by atoms with Gasteiger partial charge in [-0.05, 0) is 6.08 Å².